The van der Waals surface area contributed by atoms with E-state index < -0.39 is 0 Å². The molecule has 1 saturated carbocycles. The Hall–Kier alpha value is -0.0800. The van der Waals surface area contributed by atoms with E-state index in [1.165, 1.54) is 25.7 Å². The molecule has 2 fully saturated rings. The first-order chi connectivity index (χ1) is 6.29. The van der Waals surface area contributed by atoms with E-state index in [0.29, 0.717) is 12.5 Å². The maximum absolute atomic E-state index is 8.92. The SMILES string of the molecule is CC1CCC(N2CC(CO)C2)CC1. The summed E-state index contributed by atoms with van der Waals surface area (Å²) in [7, 11) is 0. The molecule has 1 saturated heterocycles. The van der Waals surface area contributed by atoms with Gasteiger partial charge in [-0.25, -0.2) is 0 Å². The molecular formula is C11H21NO. The number of hydrogen-bond donors (Lipinski definition) is 1. The fraction of sp³-hybridized carbons (Fsp3) is 1.00. The zero-order chi connectivity index (χ0) is 9.26. The van der Waals surface area contributed by atoms with E-state index in [-0.39, 0.29) is 0 Å². The van der Waals surface area contributed by atoms with Crippen LogP contribution in [0.1, 0.15) is 32.6 Å². The molecule has 0 aromatic carbocycles. The normalized spacial score (nSPS) is 37.4. The first-order valence-electron chi connectivity index (χ1n) is 5.64. The van der Waals surface area contributed by atoms with Crippen LogP contribution in [0.2, 0.25) is 0 Å². The Morgan fingerprint density at radius 1 is 1.15 bits per heavy atom. The van der Waals surface area contributed by atoms with E-state index >= 15 is 0 Å². The predicted octanol–water partition coefficient (Wildman–Crippen LogP) is 1.49. The van der Waals surface area contributed by atoms with E-state index in [1.807, 2.05) is 0 Å². The van der Waals surface area contributed by atoms with Crippen molar-refractivity contribution in [2.75, 3.05) is 19.7 Å². The molecule has 0 aromatic heterocycles. The zero-order valence-electron chi connectivity index (χ0n) is 8.58. The molecule has 2 nitrogen and oxygen atoms in total. The number of nitrogens with zero attached hydrogens (tertiary/aromatic N) is 1. The lowest BCUT2D eigenvalue weighted by Crippen LogP contribution is -2.54. The van der Waals surface area contributed by atoms with Crippen LogP contribution in [0.4, 0.5) is 0 Å². The molecule has 1 aliphatic heterocycles. The van der Waals surface area contributed by atoms with E-state index in [4.69, 9.17) is 5.11 Å². The maximum Gasteiger partial charge on any atom is 0.0483 e. The topological polar surface area (TPSA) is 23.5 Å². The van der Waals surface area contributed by atoms with Crippen LogP contribution in [0.3, 0.4) is 0 Å². The van der Waals surface area contributed by atoms with Crippen molar-refractivity contribution in [2.45, 2.75) is 38.6 Å². The van der Waals surface area contributed by atoms with Crippen LogP contribution in [0, 0.1) is 11.8 Å². The Labute approximate surface area is 80.9 Å². The summed E-state index contributed by atoms with van der Waals surface area (Å²) < 4.78 is 0. The molecule has 0 spiro atoms. The summed E-state index contributed by atoms with van der Waals surface area (Å²) in [6.07, 6.45) is 5.59. The highest BCUT2D eigenvalue weighted by molar-refractivity contribution is 4.87. The third-order valence-corrected chi connectivity index (χ3v) is 3.75. The molecule has 76 valence electrons. The number of aliphatic hydroxyl groups excluding tert-OH is 1. The zero-order valence-corrected chi connectivity index (χ0v) is 8.58. The van der Waals surface area contributed by atoms with Gasteiger partial charge >= 0.3 is 0 Å². The molecule has 0 atom stereocenters. The lowest BCUT2D eigenvalue weighted by molar-refractivity contribution is 0.00298. The minimum atomic E-state index is 0.389. The van der Waals surface area contributed by atoms with E-state index in [1.54, 1.807) is 0 Å². The van der Waals surface area contributed by atoms with Crippen molar-refractivity contribution < 1.29 is 5.11 Å². The van der Waals surface area contributed by atoms with Crippen LogP contribution in [0.15, 0.2) is 0 Å². The van der Waals surface area contributed by atoms with Crippen LogP contribution < -0.4 is 0 Å². The lowest BCUT2D eigenvalue weighted by Gasteiger charge is -2.45. The summed E-state index contributed by atoms with van der Waals surface area (Å²) in [6, 6.07) is 0.846. The molecular weight excluding hydrogens is 162 g/mol. The summed E-state index contributed by atoms with van der Waals surface area (Å²) in [4.78, 5) is 2.56. The average Bonchev–Trinajstić information content (AvgIpc) is 2.06. The van der Waals surface area contributed by atoms with Gasteiger partial charge in [0, 0.05) is 31.7 Å². The van der Waals surface area contributed by atoms with Crippen molar-refractivity contribution in [3.63, 3.8) is 0 Å². The summed E-state index contributed by atoms with van der Waals surface area (Å²) in [6.45, 7) is 5.05. The Morgan fingerprint density at radius 2 is 1.77 bits per heavy atom. The molecule has 0 amide bonds. The second-order valence-electron chi connectivity index (χ2n) is 4.92. The number of hydrogen-bond acceptors (Lipinski definition) is 2. The highest BCUT2D eigenvalue weighted by atomic mass is 16.3. The lowest BCUT2D eigenvalue weighted by atomic mass is 9.84. The van der Waals surface area contributed by atoms with Gasteiger partial charge in [0.25, 0.3) is 0 Å². The molecule has 1 N–H and O–H groups in total. The first-order valence-corrected chi connectivity index (χ1v) is 5.64. The predicted molar refractivity (Wildman–Crippen MR) is 53.6 cm³/mol. The Kier molecular flexibility index (Phi) is 2.89. The molecule has 0 radical (unpaired) electrons. The van der Waals surface area contributed by atoms with Gasteiger partial charge in [-0.05, 0) is 31.6 Å². The summed E-state index contributed by atoms with van der Waals surface area (Å²) in [5.74, 6) is 1.53. The quantitative estimate of drug-likeness (QED) is 0.701. The first kappa shape index (κ1) is 9.47. The molecule has 2 heteroatoms. The smallest absolute Gasteiger partial charge is 0.0483 e. The highest BCUT2D eigenvalue weighted by Gasteiger charge is 2.33. The second-order valence-corrected chi connectivity index (χ2v) is 4.92. The Balaban J connectivity index is 1.71. The summed E-state index contributed by atoms with van der Waals surface area (Å²) in [5, 5.41) is 8.92. The fourth-order valence-corrected chi connectivity index (χ4v) is 2.63. The maximum atomic E-state index is 8.92. The summed E-state index contributed by atoms with van der Waals surface area (Å²) >= 11 is 0. The van der Waals surface area contributed by atoms with Crippen LogP contribution in [0.5, 0.6) is 0 Å². The number of likely N-dealkylation sites (tertiary alicyclic amines) is 1. The second kappa shape index (κ2) is 3.97. The Morgan fingerprint density at radius 3 is 2.31 bits per heavy atom. The van der Waals surface area contributed by atoms with Crippen molar-refractivity contribution in [2.24, 2.45) is 11.8 Å². The van der Waals surface area contributed by atoms with Gasteiger partial charge in [0.05, 0.1) is 0 Å². The van der Waals surface area contributed by atoms with Crippen molar-refractivity contribution >= 4 is 0 Å². The largest absolute Gasteiger partial charge is 0.396 e. The third-order valence-electron chi connectivity index (χ3n) is 3.75. The fourth-order valence-electron chi connectivity index (χ4n) is 2.63. The molecule has 1 aliphatic carbocycles. The summed E-state index contributed by atoms with van der Waals surface area (Å²) in [5.41, 5.74) is 0. The molecule has 1 heterocycles. The van der Waals surface area contributed by atoms with Crippen molar-refractivity contribution in [1.82, 2.24) is 4.90 Å². The van der Waals surface area contributed by atoms with Crippen LogP contribution >= 0.6 is 0 Å². The van der Waals surface area contributed by atoms with Gasteiger partial charge in [0.15, 0.2) is 0 Å². The van der Waals surface area contributed by atoms with Gasteiger partial charge < -0.3 is 5.11 Å². The number of rotatable bonds is 2. The minimum Gasteiger partial charge on any atom is -0.396 e. The van der Waals surface area contributed by atoms with Crippen LogP contribution in [-0.4, -0.2) is 35.7 Å². The van der Waals surface area contributed by atoms with E-state index in [2.05, 4.69) is 11.8 Å². The van der Waals surface area contributed by atoms with Crippen LogP contribution in [-0.2, 0) is 0 Å². The van der Waals surface area contributed by atoms with Gasteiger partial charge in [0.1, 0.15) is 0 Å². The molecule has 0 bridgehead atoms. The monoisotopic (exact) mass is 183 g/mol. The highest BCUT2D eigenvalue weighted by Crippen LogP contribution is 2.30. The van der Waals surface area contributed by atoms with E-state index in [0.717, 1.165) is 25.0 Å². The van der Waals surface area contributed by atoms with Crippen molar-refractivity contribution in [3.05, 3.63) is 0 Å². The van der Waals surface area contributed by atoms with Gasteiger partial charge in [-0.1, -0.05) is 6.92 Å². The average molecular weight is 183 g/mol. The van der Waals surface area contributed by atoms with E-state index in [9.17, 15) is 0 Å². The molecule has 0 unspecified atom stereocenters. The molecule has 2 rings (SSSR count). The van der Waals surface area contributed by atoms with Crippen molar-refractivity contribution in [3.8, 4) is 0 Å². The van der Waals surface area contributed by atoms with Gasteiger partial charge in [-0.15, -0.1) is 0 Å². The molecule has 13 heavy (non-hydrogen) atoms. The number of aliphatic hydroxyl groups is 1. The minimum absolute atomic E-state index is 0.389. The van der Waals surface area contributed by atoms with Gasteiger partial charge in [0.2, 0.25) is 0 Å². The Bertz CT molecular complexity index is 157. The standard InChI is InChI=1S/C11H21NO/c1-9-2-4-11(5-3-9)12-6-10(7-12)8-13/h9-11,13H,2-8H2,1H3. The van der Waals surface area contributed by atoms with Crippen LogP contribution in [0.25, 0.3) is 0 Å². The third kappa shape index (κ3) is 2.05. The molecule has 0 aromatic rings. The van der Waals surface area contributed by atoms with Crippen molar-refractivity contribution in [1.29, 1.82) is 0 Å². The van der Waals surface area contributed by atoms with Gasteiger partial charge in [-0.2, -0.15) is 0 Å². The van der Waals surface area contributed by atoms with Gasteiger partial charge in [-0.3, -0.25) is 4.90 Å². The molecule has 2 aliphatic rings.